The maximum atomic E-state index is 12.9. The molecule has 1 N–H and O–H groups in total. The molecule has 2 aromatic rings. The monoisotopic (exact) mass is 414 g/mol. The van der Waals surface area contributed by atoms with Gasteiger partial charge in [0.2, 0.25) is 0 Å². The van der Waals surface area contributed by atoms with Crippen molar-refractivity contribution in [3.63, 3.8) is 0 Å². The zero-order chi connectivity index (χ0) is 20.4. The molecule has 0 spiro atoms. The van der Waals surface area contributed by atoms with Crippen molar-refractivity contribution in [1.29, 1.82) is 0 Å². The van der Waals surface area contributed by atoms with E-state index in [-0.39, 0.29) is 24.0 Å². The lowest BCUT2D eigenvalue weighted by Crippen LogP contribution is -2.41. The predicted molar refractivity (Wildman–Crippen MR) is 111 cm³/mol. The van der Waals surface area contributed by atoms with E-state index in [0.717, 1.165) is 54.9 Å². The summed E-state index contributed by atoms with van der Waals surface area (Å²) in [5.74, 6) is -0.192. The van der Waals surface area contributed by atoms with E-state index in [2.05, 4.69) is 15.3 Å². The van der Waals surface area contributed by atoms with Crippen LogP contribution in [0.2, 0.25) is 0 Å². The molecule has 1 unspecified atom stereocenters. The van der Waals surface area contributed by atoms with Crippen LogP contribution in [0.4, 0.5) is 5.69 Å². The second-order valence-corrected chi connectivity index (χ2v) is 8.60. The largest absolute Gasteiger partial charge is 0.368 e. The van der Waals surface area contributed by atoms with Crippen molar-refractivity contribution < 1.29 is 14.3 Å². The van der Waals surface area contributed by atoms with Crippen LogP contribution in [-0.2, 0) is 9.53 Å². The molecule has 29 heavy (non-hydrogen) atoms. The molecule has 7 nitrogen and oxygen atoms in total. The van der Waals surface area contributed by atoms with E-state index >= 15 is 0 Å². The summed E-state index contributed by atoms with van der Waals surface area (Å²) in [6, 6.07) is 1.86. The zero-order valence-electron chi connectivity index (χ0n) is 16.8. The number of nitrogens with one attached hydrogen (secondary N) is 1. The van der Waals surface area contributed by atoms with Crippen molar-refractivity contribution in [1.82, 2.24) is 14.9 Å². The Balaban J connectivity index is 1.46. The Morgan fingerprint density at radius 2 is 2.10 bits per heavy atom. The molecule has 4 rings (SSSR count). The summed E-state index contributed by atoms with van der Waals surface area (Å²) in [7, 11) is 0. The number of aryl methyl sites for hydroxylation is 2. The van der Waals surface area contributed by atoms with Gasteiger partial charge in [0.1, 0.15) is 16.8 Å². The van der Waals surface area contributed by atoms with E-state index in [1.54, 1.807) is 11.6 Å². The molecule has 8 heteroatoms. The van der Waals surface area contributed by atoms with Crippen molar-refractivity contribution in [3.8, 4) is 0 Å². The van der Waals surface area contributed by atoms with Gasteiger partial charge in [-0.2, -0.15) is 0 Å². The normalized spacial score (nSPS) is 21.9. The van der Waals surface area contributed by atoms with Crippen molar-refractivity contribution in [2.45, 2.75) is 58.1 Å². The van der Waals surface area contributed by atoms with Gasteiger partial charge >= 0.3 is 0 Å². The van der Waals surface area contributed by atoms with Gasteiger partial charge in [-0.05, 0) is 57.6 Å². The molecule has 0 aliphatic carbocycles. The van der Waals surface area contributed by atoms with Gasteiger partial charge in [0.25, 0.3) is 11.8 Å². The minimum absolute atomic E-state index is 0.0646. The molecule has 154 valence electrons. The average Bonchev–Trinajstić information content (AvgIpc) is 3.39. The second kappa shape index (κ2) is 8.59. The second-order valence-electron chi connectivity index (χ2n) is 7.71. The topological polar surface area (TPSA) is 84.4 Å². The summed E-state index contributed by atoms with van der Waals surface area (Å²) >= 11 is 1.44. The third-order valence-corrected chi connectivity index (χ3v) is 6.47. The molecular formula is C21H26N4O3S. The molecule has 0 aromatic carbocycles. The lowest BCUT2D eigenvalue weighted by molar-refractivity contribution is -0.147. The molecule has 4 heterocycles. The van der Waals surface area contributed by atoms with Crippen molar-refractivity contribution in [2.75, 3.05) is 18.5 Å². The standard InChI is InChI=1S/C21H26N4O3S/c1-13-10-14(2)22-11-15(13)23-19(26)16-12-29-20(24-16)17-6-5-8-25(17)21(27)18-7-3-4-9-28-18/h10-12,17-18H,3-9H2,1-2H3,(H,23,26)/t17-,18?/m1/s1. The molecule has 0 bridgehead atoms. The number of hydrogen-bond acceptors (Lipinski definition) is 6. The summed E-state index contributed by atoms with van der Waals surface area (Å²) in [5, 5.41) is 5.46. The Bertz CT molecular complexity index is 907. The average molecular weight is 415 g/mol. The van der Waals surface area contributed by atoms with Gasteiger partial charge in [0.15, 0.2) is 0 Å². The number of hydrogen-bond donors (Lipinski definition) is 1. The number of amides is 2. The number of pyridine rings is 1. The number of anilines is 1. The number of rotatable bonds is 4. The van der Waals surface area contributed by atoms with Crippen molar-refractivity contribution in [3.05, 3.63) is 39.6 Å². The van der Waals surface area contributed by atoms with Gasteiger partial charge < -0.3 is 15.0 Å². The number of nitrogens with zero attached hydrogens (tertiary/aromatic N) is 3. The Morgan fingerprint density at radius 3 is 2.86 bits per heavy atom. The van der Waals surface area contributed by atoms with Gasteiger partial charge in [-0.15, -0.1) is 11.3 Å². The van der Waals surface area contributed by atoms with Crippen LogP contribution in [0.25, 0.3) is 0 Å². The maximum Gasteiger partial charge on any atom is 0.275 e. The van der Waals surface area contributed by atoms with Gasteiger partial charge in [0.05, 0.1) is 17.9 Å². The Hall–Kier alpha value is -2.32. The van der Waals surface area contributed by atoms with E-state index in [0.29, 0.717) is 18.0 Å². The molecule has 2 saturated heterocycles. The molecular weight excluding hydrogens is 388 g/mol. The summed E-state index contributed by atoms with van der Waals surface area (Å²) < 4.78 is 5.69. The van der Waals surface area contributed by atoms with Crippen LogP contribution >= 0.6 is 11.3 Å². The first-order valence-electron chi connectivity index (χ1n) is 10.1. The van der Waals surface area contributed by atoms with Gasteiger partial charge in [-0.1, -0.05) is 0 Å². The molecule has 2 aliphatic rings. The summed E-state index contributed by atoms with van der Waals surface area (Å²) in [5.41, 5.74) is 2.92. The Morgan fingerprint density at radius 1 is 1.24 bits per heavy atom. The fourth-order valence-corrected chi connectivity index (χ4v) is 4.91. The zero-order valence-corrected chi connectivity index (χ0v) is 17.6. The number of ether oxygens (including phenoxy) is 1. The van der Waals surface area contributed by atoms with Crippen LogP contribution in [0.15, 0.2) is 17.6 Å². The molecule has 2 amide bonds. The van der Waals surface area contributed by atoms with Crippen molar-refractivity contribution >= 4 is 28.8 Å². The Kier molecular flexibility index (Phi) is 5.91. The van der Waals surface area contributed by atoms with Crippen LogP contribution in [0.3, 0.4) is 0 Å². The highest BCUT2D eigenvalue weighted by molar-refractivity contribution is 7.10. The highest BCUT2D eigenvalue weighted by Crippen LogP contribution is 2.35. The molecule has 2 atom stereocenters. The van der Waals surface area contributed by atoms with Crippen LogP contribution in [0.1, 0.15) is 64.9 Å². The third-order valence-electron chi connectivity index (χ3n) is 5.53. The fourth-order valence-electron chi connectivity index (χ4n) is 3.97. The van der Waals surface area contributed by atoms with E-state index in [1.165, 1.54) is 11.3 Å². The smallest absolute Gasteiger partial charge is 0.275 e. The van der Waals surface area contributed by atoms with Gasteiger partial charge in [-0.3, -0.25) is 14.6 Å². The fraction of sp³-hybridized carbons (Fsp3) is 0.524. The number of aromatic nitrogens is 2. The maximum absolute atomic E-state index is 12.9. The first-order valence-corrected chi connectivity index (χ1v) is 11.0. The quantitative estimate of drug-likeness (QED) is 0.826. The van der Waals surface area contributed by atoms with Crippen LogP contribution in [0.5, 0.6) is 0 Å². The number of carbonyl (C=O) groups is 2. The number of likely N-dealkylation sites (tertiary alicyclic amines) is 1. The highest BCUT2D eigenvalue weighted by Gasteiger charge is 2.36. The lowest BCUT2D eigenvalue weighted by Gasteiger charge is -2.29. The molecule has 0 radical (unpaired) electrons. The minimum atomic E-state index is -0.330. The molecule has 0 saturated carbocycles. The van der Waals surface area contributed by atoms with Crippen molar-refractivity contribution in [2.24, 2.45) is 0 Å². The number of thiazole rings is 1. The Labute approximate surface area is 174 Å². The van der Waals surface area contributed by atoms with Crippen LogP contribution in [0, 0.1) is 13.8 Å². The number of carbonyl (C=O) groups excluding carboxylic acids is 2. The summed E-state index contributed by atoms with van der Waals surface area (Å²) in [4.78, 5) is 36.3. The van der Waals surface area contributed by atoms with E-state index in [1.807, 2.05) is 24.8 Å². The summed E-state index contributed by atoms with van der Waals surface area (Å²) in [6.45, 7) is 5.23. The van der Waals surface area contributed by atoms with Gasteiger partial charge in [0, 0.05) is 24.2 Å². The first-order chi connectivity index (χ1) is 14.0. The molecule has 2 aromatic heterocycles. The minimum Gasteiger partial charge on any atom is -0.368 e. The van der Waals surface area contributed by atoms with Crippen LogP contribution < -0.4 is 5.32 Å². The molecule has 2 fully saturated rings. The lowest BCUT2D eigenvalue weighted by atomic mass is 10.1. The van der Waals surface area contributed by atoms with Gasteiger partial charge in [-0.25, -0.2) is 4.98 Å². The highest BCUT2D eigenvalue weighted by atomic mass is 32.1. The van der Waals surface area contributed by atoms with E-state index < -0.39 is 0 Å². The predicted octanol–water partition coefficient (Wildman–Crippen LogP) is 3.64. The van der Waals surface area contributed by atoms with Crippen LogP contribution in [-0.4, -0.2) is 45.9 Å². The van der Waals surface area contributed by atoms with E-state index in [9.17, 15) is 9.59 Å². The molecule has 2 aliphatic heterocycles. The first kappa shape index (κ1) is 20.0. The summed E-state index contributed by atoms with van der Waals surface area (Å²) in [6.07, 6.45) is 5.99. The van der Waals surface area contributed by atoms with E-state index in [4.69, 9.17) is 4.74 Å². The third kappa shape index (κ3) is 4.33. The SMILES string of the molecule is Cc1cc(C)c(NC(=O)c2csc([C@H]3CCCN3C(=O)C3CCCCO3)n2)cn1.